The third-order valence-electron chi connectivity index (χ3n) is 10.9. The van der Waals surface area contributed by atoms with Crippen LogP contribution in [-0.4, -0.2) is 12.1 Å². The van der Waals surface area contributed by atoms with Gasteiger partial charge in [0.2, 0.25) is 0 Å². The molecule has 0 aromatic rings. The van der Waals surface area contributed by atoms with Crippen molar-refractivity contribution in [1.82, 2.24) is 0 Å². The molecule has 1 unspecified atom stereocenters. The first kappa shape index (κ1) is 24.1. The number of hydrogen-bond acceptors (Lipinski definition) is 2. The van der Waals surface area contributed by atoms with Crippen molar-refractivity contribution in [3.8, 4) is 0 Å². The van der Waals surface area contributed by atoms with Crippen molar-refractivity contribution < 1.29 is 9.53 Å². The standard InChI is InChI=1S/C30H48O2/c1-19(2)20(3)8-9-21(4)26-12-13-27-25-11-10-23-18-24(32-22(5)31)14-16-29(23,6)28(25)15-17-30(26,27)7/h8-10,19-21,24-28H,11-18H2,1-7H3/b9-8+/t20-,21+,24?,25-,26+,27-,28-,29-,30+/m0/s1. The molecule has 0 bridgehead atoms. The molecule has 0 aromatic heterocycles. The summed E-state index contributed by atoms with van der Waals surface area (Å²) >= 11 is 0. The maximum atomic E-state index is 11.5. The van der Waals surface area contributed by atoms with Crippen LogP contribution < -0.4 is 0 Å². The van der Waals surface area contributed by atoms with Gasteiger partial charge in [0.1, 0.15) is 6.10 Å². The molecule has 0 saturated heterocycles. The molecule has 3 saturated carbocycles. The minimum atomic E-state index is -0.121. The number of ether oxygens (including phenoxy) is 1. The smallest absolute Gasteiger partial charge is 0.302 e. The number of fused-ring (bicyclic) bond motifs is 5. The Labute approximate surface area is 197 Å². The molecule has 2 nitrogen and oxygen atoms in total. The summed E-state index contributed by atoms with van der Waals surface area (Å²) in [5.41, 5.74) is 2.44. The van der Waals surface area contributed by atoms with Gasteiger partial charge in [0.05, 0.1) is 0 Å². The maximum absolute atomic E-state index is 11.5. The molecule has 0 radical (unpaired) electrons. The lowest BCUT2D eigenvalue weighted by Gasteiger charge is -2.58. The molecular formula is C30H48O2. The van der Waals surface area contributed by atoms with Gasteiger partial charge in [-0.3, -0.25) is 4.79 Å². The number of carbonyl (C=O) groups excluding carboxylic acids is 1. The summed E-state index contributed by atoms with van der Waals surface area (Å²) in [6.07, 6.45) is 17.8. The zero-order valence-corrected chi connectivity index (χ0v) is 21.8. The largest absolute Gasteiger partial charge is 0.462 e. The lowest BCUT2D eigenvalue weighted by molar-refractivity contribution is -0.148. The van der Waals surface area contributed by atoms with E-state index < -0.39 is 0 Å². The van der Waals surface area contributed by atoms with Crippen molar-refractivity contribution in [3.63, 3.8) is 0 Å². The highest BCUT2D eigenvalue weighted by molar-refractivity contribution is 5.66. The quantitative estimate of drug-likeness (QED) is 0.320. The van der Waals surface area contributed by atoms with Gasteiger partial charge in [-0.15, -0.1) is 0 Å². The summed E-state index contributed by atoms with van der Waals surface area (Å²) in [4.78, 5) is 11.5. The summed E-state index contributed by atoms with van der Waals surface area (Å²) in [5.74, 6) is 5.35. The Morgan fingerprint density at radius 3 is 2.47 bits per heavy atom. The lowest BCUT2D eigenvalue weighted by atomic mass is 9.47. The fourth-order valence-corrected chi connectivity index (χ4v) is 8.57. The summed E-state index contributed by atoms with van der Waals surface area (Å²) in [6, 6.07) is 0. The van der Waals surface area contributed by atoms with E-state index in [2.05, 4.69) is 59.8 Å². The van der Waals surface area contributed by atoms with E-state index >= 15 is 0 Å². The van der Waals surface area contributed by atoms with Gasteiger partial charge in [-0.2, -0.15) is 0 Å². The van der Waals surface area contributed by atoms with Crippen LogP contribution in [0.1, 0.15) is 99.8 Å². The molecule has 4 rings (SSSR count). The van der Waals surface area contributed by atoms with Crippen molar-refractivity contribution in [1.29, 1.82) is 0 Å². The molecule has 4 aliphatic rings. The Hall–Kier alpha value is -1.05. The molecule has 32 heavy (non-hydrogen) atoms. The second-order valence-electron chi connectivity index (χ2n) is 12.8. The predicted molar refractivity (Wildman–Crippen MR) is 133 cm³/mol. The van der Waals surface area contributed by atoms with E-state index in [1.807, 2.05) is 0 Å². The van der Waals surface area contributed by atoms with Crippen LogP contribution in [0.2, 0.25) is 0 Å². The number of rotatable bonds is 5. The van der Waals surface area contributed by atoms with E-state index in [-0.39, 0.29) is 12.1 Å². The number of hydrogen-bond donors (Lipinski definition) is 0. The van der Waals surface area contributed by atoms with Crippen LogP contribution in [0.5, 0.6) is 0 Å². The van der Waals surface area contributed by atoms with Crippen LogP contribution in [0.15, 0.2) is 23.8 Å². The van der Waals surface area contributed by atoms with Crippen molar-refractivity contribution in [2.75, 3.05) is 0 Å². The topological polar surface area (TPSA) is 26.3 Å². The van der Waals surface area contributed by atoms with Gasteiger partial charge in [0.15, 0.2) is 0 Å². The molecule has 0 aromatic carbocycles. The zero-order valence-electron chi connectivity index (χ0n) is 21.8. The van der Waals surface area contributed by atoms with E-state index in [1.165, 1.54) is 38.5 Å². The third kappa shape index (κ3) is 4.14. The maximum Gasteiger partial charge on any atom is 0.302 e. The van der Waals surface area contributed by atoms with Crippen LogP contribution in [0.4, 0.5) is 0 Å². The predicted octanol–water partition coefficient (Wildman–Crippen LogP) is 7.98. The molecule has 0 amide bonds. The lowest BCUT2D eigenvalue weighted by Crippen LogP contribution is -2.51. The number of carbonyl (C=O) groups is 1. The van der Waals surface area contributed by atoms with Gasteiger partial charge in [-0.1, -0.05) is 65.3 Å². The first-order valence-corrected chi connectivity index (χ1v) is 13.6. The van der Waals surface area contributed by atoms with Gasteiger partial charge in [-0.25, -0.2) is 0 Å². The Bertz CT molecular complexity index is 763. The second-order valence-corrected chi connectivity index (χ2v) is 12.8. The SMILES string of the molecule is CC(=O)OC1CC[C@@]2(C)C(=CC[C@H]3[C@@H]4CC[C@H]([C@H](C)/C=C/[C@H](C)C(C)C)[C@@]4(C)CC[C@@H]32)C1. The summed E-state index contributed by atoms with van der Waals surface area (Å²) in [7, 11) is 0. The third-order valence-corrected chi connectivity index (χ3v) is 10.9. The van der Waals surface area contributed by atoms with Gasteiger partial charge in [0, 0.05) is 13.3 Å². The minimum Gasteiger partial charge on any atom is -0.462 e. The molecule has 0 heterocycles. The van der Waals surface area contributed by atoms with Crippen molar-refractivity contribution >= 4 is 5.97 Å². The van der Waals surface area contributed by atoms with Crippen molar-refractivity contribution in [2.24, 2.45) is 52.3 Å². The van der Waals surface area contributed by atoms with Crippen molar-refractivity contribution in [2.45, 2.75) is 106 Å². The Morgan fingerprint density at radius 1 is 1.03 bits per heavy atom. The van der Waals surface area contributed by atoms with E-state index in [0.29, 0.717) is 22.7 Å². The van der Waals surface area contributed by atoms with Crippen LogP contribution >= 0.6 is 0 Å². The second kappa shape index (κ2) is 8.95. The fourth-order valence-electron chi connectivity index (χ4n) is 8.57. The normalized spacial score (nSPS) is 43.2. The minimum absolute atomic E-state index is 0.106. The molecule has 180 valence electrons. The Balaban J connectivity index is 1.50. The summed E-state index contributed by atoms with van der Waals surface area (Å²) in [6.45, 7) is 16.3. The summed E-state index contributed by atoms with van der Waals surface area (Å²) in [5, 5.41) is 0. The van der Waals surface area contributed by atoms with Gasteiger partial charge < -0.3 is 4.74 Å². The highest BCUT2D eigenvalue weighted by atomic mass is 16.5. The highest BCUT2D eigenvalue weighted by Gasteiger charge is 2.59. The van der Waals surface area contributed by atoms with Gasteiger partial charge >= 0.3 is 5.97 Å². The Morgan fingerprint density at radius 2 is 1.78 bits per heavy atom. The summed E-state index contributed by atoms with van der Waals surface area (Å²) < 4.78 is 5.62. The van der Waals surface area contributed by atoms with E-state index in [4.69, 9.17) is 4.74 Å². The van der Waals surface area contributed by atoms with Crippen molar-refractivity contribution in [3.05, 3.63) is 23.8 Å². The molecule has 0 N–H and O–H groups in total. The molecule has 2 heteroatoms. The highest BCUT2D eigenvalue weighted by Crippen LogP contribution is 2.67. The van der Waals surface area contributed by atoms with Crippen LogP contribution in [0, 0.1) is 52.3 Å². The van der Waals surface area contributed by atoms with Crippen LogP contribution in [0.25, 0.3) is 0 Å². The van der Waals surface area contributed by atoms with Crippen LogP contribution in [0.3, 0.4) is 0 Å². The van der Waals surface area contributed by atoms with E-state index in [9.17, 15) is 4.79 Å². The van der Waals surface area contributed by atoms with E-state index in [1.54, 1.807) is 12.5 Å². The van der Waals surface area contributed by atoms with Gasteiger partial charge in [-0.05, 0) is 97.2 Å². The first-order chi connectivity index (χ1) is 15.1. The average molecular weight is 441 g/mol. The average Bonchev–Trinajstić information content (AvgIpc) is 3.08. The molecule has 3 fully saturated rings. The number of allylic oxidation sites excluding steroid dienone is 3. The van der Waals surface area contributed by atoms with Crippen LogP contribution in [-0.2, 0) is 9.53 Å². The number of esters is 1. The molecule has 0 spiro atoms. The first-order valence-electron chi connectivity index (χ1n) is 13.6. The molecular weight excluding hydrogens is 392 g/mol. The Kier molecular flexibility index (Phi) is 6.74. The van der Waals surface area contributed by atoms with E-state index in [0.717, 1.165) is 42.4 Å². The molecule has 9 atom stereocenters. The monoisotopic (exact) mass is 440 g/mol. The molecule has 4 aliphatic carbocycles. The fraction of sp³-hybridized carbons (Fsp3) is 0.833. The van der Waals surface area contributed by atoms with Gasteiger partial charge in [0.25, 0.3) is 0 Å². The molecule has 0 aliphatic heterocycles. The zero-order chi connectivity index (χ0) is 23.3.